The predicted octanol–water partition coefficient (Wildman–Crippen LogP) is 2.42. The molecule has 0 aliphatic heterocycles. The van der Waals surface area contributed by atoms with Crippen LogP contribution in [0.5, 0.6) is 0 Å². The summed E-state index contributed by atoms with van der Waals surface area (Å²) >= 11 is 3.43. The number of nitrogens with zero attached hydrogens (tertiary/aromatic N) is 2. The Morgan fingerprint density at radius 3 is 3.06 bits per heavy atom. The molecule has 0 radical (unpaired) electrons. The maximum absolute atomic E-state index is 5.42. The second-order valence-electron chi connectivity index (χ2n) is 3.38. The molecule has 0 aliphatic rings. The monoisotopic (exact) mass is 284 g/mol. The van der Waals surface area contributed by atoms with Gasteiger partial charge < -0.3 is 9.47 Å². The van der Waals surface area contributed by atoms with Crippen molar-refractivity contribution in [3.05, 3.63) is 28.9 Å². The molecule has 1 aromatic carbocycles. The molecule has 1 heterocycles. The van der Waals surface area contributed by atoms with E-state index in [9.17, 15) is 0 Å². The van der Waals surface area contributed by atoms with E-state index in [1.54, 1.807) is 7.11 Å². The molecule has 0 bridgehead atoms. The fourth-order valence-corrected chi connectivity index (χ4v) is 1.83. The smallest absolute Gasteiger partial charge is 0.140 e. The zero-order chi connectivity index (χ0) is 11.4. The minimum Gasteiger partial charge on any atom is -0.382 e. The van der Waals surface area contributed by atoms with Gasteiger partial charge in [0, 0.05) is 17.0 Å². The number of methoxy groups -OCH3 is 1. The highest BCUT2D eigenvalue weighted by Crippen LogP contribution is 2.19. The molecule has 5 heteroatoms. The average Bonchev–Trinajstić information content (AvgIpc) is 2.67. The molecule has 0 atom stereocenters. The predicted molar refractivity (Wildman–Crippen MR) is 65.3 cm³/mol. The van der Waals surface area contributed by atoms with Crippen LogP contribution in [0, 0.1) is 0 Å². The quantitative estimate of drug-likeness (QED) is 0.792. The lowest BCUT2D eigenvalue weighted by Crippen LogP contribution is -2.08. The van der Waals surface area contributed by atoms with E-state index in [4.69, 9.17) is 9.47 Å². The molecule has 16 heavy (non-hydrogen) atoms. The summed E-state index contributed by atoms with van der Waals surface area (Å²) in [6, 6.07) is 6.05. The maximum Gasteiger partial charge on any atom is 0.140 e. The van der Waals surface area contributed by atoms with Crippen LogP contribution >= 0.6 is 15.9 Å². The Balaban J connectivity index is 2.07. The number of benzene rings is 1. The van der Waals surface area contributed by atoms with Crippen LogP contribution in [0.4, 0.5) is 0 Å². The second kappa shape index (κ2) is 5.43. The van der Waals surface area contributed by atoms with Crippen molar-refractivity contribution in [1.29, 1.82) is 0 Å². The summed E-state index contributed by atoms with van der Waals surface area (Å²) in [5.41, 5.74) is 1.07. The molecule has 0 aliphatic carbocycles. The van der Waals surface area contributed by atoms with Crippen LogP contribution in [-0.2, 0) is 16.2 Å². The molecule has 86 valence electrons. The van der Waals surface area contributed by atoms with Crippen molar-refractivity contribution >= 4 is 26.8 Å². The molecule has 1 aromatic heterocycles. The Hall–Kier alpha value is -0.910. The number of aromatic nitrogens is 2. The van der Waals surface area contributed by atoms with Gasteiger partial charge in [0.05, 0.1) is 24.9 Å². The van der Waals surface area contributed by atoms with E-state index in [-0.39, 0.29) is 0 Å². The summed E-state index contributed by atoms with van der Waals surface area (Å²) < 4.78 is 13.2. The number of hydrogen-bond acceptors (Lipinski definition) is 3. The Morgan fingerprint density at radius 1 is 1.38 bits per heavy atom. The Bertz CT molecular complexity index is 470. The standard InChI is InChI=1S/C11H13BrN2O2/c1-15-4-5-16-8-14-11-3-2-10(12)6-9(11)7-13-14/h2-3,6-7H,4-5,8H2,1H3. The normalized spacial score (nSPS) is 11.1. The minimum atomic E-state index is 0.453. The molecule has 0 N–H and O–H groups in total. The average molecular weight is 285 g/mol. The van der Waals surface area contributed by atoms with Gasteiger partial charge in [-0.3, -0.25) is 0 Å². The lowest BCUT2D eigenvalue weighted by Gasteiger charge is -2.04. The summed E-state index contributed by atoms with van der Waals surface area (Å²) in [7, 11) is 1.66. The van der Waals surface area contributed by atoms with Crippen molar-refractivity contribution in [2.75, 3.05) is 20.3 Å². The fraction of sp³-hybridized carbons (Fsp3) is 0.364. The van der Waals surface area contributed by atoms with Crippen molar-refractivity contribution in [3.8, 4) is 0 Å². The Kier molecular flexibility index (Phi) is 3.93. The van der Waals surface area contributed by atoms with E-state index in [1.165, 1.54) is 0 Å². The summed E-state index contributed by atoms with van der Waals surface area (Å²) in [6.07, 6.45) is 1.83. The Morgan fingerprint density at radius 2 is 2.25 bits per heavy atom. The van der Waals surface area contributed by atoms with Gasteiger partial charge in [-0.1, -0.05) is 15.9 Å². The molecular formula is C11H13BrN2O2. The van der Waals surface area contributed by atoms with Crippen LogP contribution in [0.2, 0.25) is 0 Å². The molecule has 0 amide bonds. The first kappa shape index (κ1) is 11.6. The number of halogens is 1. The largest absolute Gasteiger partial charge is 0.382 e. The van der Waals surface area contributed by atoms with E-state index < -0.39 is 0 Å². The van der Waals surface area contributed by atoms with E-state index >= 15 is 0 Å². The van der Waals surface area contributed by atoms with Crippen molar-refractivity contribution in [2.45, 2.75) is 6.73 Å². The summed E-state index contributed by atoms with van der Waals surface area (Å²) in [4.78, 5) is 0. The van der Waals surface area contributed by atoms with Crippen LogP contribution < -0.4 is 0 Å². The van der Waals surface area contributed by atoms with E-state index in [2.05, 4.69) is 21.0 Å². The molecule has 0 spiro atoms. The zero-order valence-corrected chi connectivity index (χ0v) is 10.6. The maximum atomic E-state index is 5.42. The molecule has 4 nitrogen and oxygen atoms in total. The highest BCUT2D eigenvalue weighted by Gasteiger charge is 2.02. The van der Waals surface area contributed by atoms with Crippen LogP contribution in [0.3, 0.4) is 0 Å². The van der Waals surface area contributed by atoms with Crippen LogP contribution in [-0.4, -0.2) is 30.1 Å². The zero-order valence-electron chi connectivity index (χ0n) is 9.02. The molecule has 0 fully saturated rings. The van der Waals surface area contributed by atoms with Crippen LogP contribution in [0.1, 0.15) is 0 Å². The van der Waals surface area contributed by atoms with Crippen LogP contribution in [0.15, 0.2) is 28.9 Å². The van der Waals surface area contributed by atoms with Gasteiger partial charge in [-0.15, -0.1) is 0 Å². The minimum absolute atomic E-state index is 0.453. The van der Waals surface area contributed by atoms with Gasteiger partial charge >= 0.3 is 0 Å². The SMILES string of the molecule is COCCOCn1ncc2cc(Br)ccc21. The lowest BCUT2D eigenvalue weighted by atomic mass is 10.3. The molecule has 0 saturated heterocycles. The third-order valence-electron chi connectivity index (χ3n) is 2.25. The highest BCUT2D eigenvalue weighted by molar-refractivity contribution is 9.10. The highest BCUT2D eigenvalue weighted by atomic mass is 79.9. The van der Waals surface area contributed by atoms with Gasteiger partial charge in [0.1, 0.15) is 6.73 Å². The summed E-state index contributed by atoms with van der Waals surface area (Å²) in [5, 5.41) is 5.37. The van der Waals surface area contributed by atoms with Crippen LogP contribution in [0.25, 0.3) is 10.9 Å². The third-order valence-corrected chi connectivity index (χ3v) is 2.74. The Labute approximate surface area is 102 Å². The summed E-state index contributed by atoms with van der Waals surface area (Å²) in [5.74, 6) is 0. The van der Waals surface area contributed by atoms with Crippen molar-refractivity contribution in [3.63, 3.8) is 0 Å². The van der Waals surface area contributed by atoms with Gasteiger partial charge in [0.15, 0.2) is 0 Å². The van der Waals surface area contributed by atoms with E-state index in [0.717, 1.165) is 15.4 Å². The van der Waals surface area contributed by atoms with Gasteiger partial charge in [-0.25, -0.2) is 4.68 Å². The second-order valence-corrected chi connectivity index (χ2v) is 4.29. The number of hydrogen-bond donors (Lipinski definition) is 0. The first-order valence-corrected chi connectivity index (χ1v) is 5.78. The molecular weight excluding hydrogens is 272 g/mol. The van der Waals surface area contributed by atoms with Crippen molar-refractivity contribution < 1.29 is 9.47 Å². The first-order valence-electron chi connectivity index (χ1n) is 4.99. The van der Waals surface area contributed by atoms with Gasteiger partial charge in [0.2, 0.25) is 0 Å². The van der Waals surface area contributed by atoms with E-state index in [1.807, 2.05) is 29.1 Å². The van der Waals surface area contributed by atoms with Crippen molar-refractivity contribution in [2.24, 2.45) is 0 Å². The molecule has 0 unspecified atom stereocenters. The van der Waals surface area contributed by atoms with E-state index in [0.29, 0.717) is 19.9 Å². The first-order chi connectivity index (χ1) is 7.81. The summed E-state index contributed by atoms with van der Waals surface area (Å²) in [6.45, 7) is 1.63. The molecule has 0 saturated carbocycles. The number of ether oxygens (including phenoxy) is 2. The third kappa shape index (κ3) is 2.61. The topological polar surface area (TPSA) is 36.3 Å². The number of fused-ring (bicyclic) bond motifs is 1. The van der Waals surface area contributed by atoms with Gasteiger partial charge in [-0.05, 0) is 18.2 Å². The molecule has 2 rings (SSSR count). The number of rotatable bonds is 5. The van der Waals surface area contributed by atoms with Gasteiger partial charge in [-0.2, -0.15) is 5.10 Å². The van der Waals surface area contributed by atoms with Gasteiger partial charge in [0.25, 0.3) is 0 Å². The van der Waals surface area contributed by atoms with Crippen molar-refractivity contribution in [1.82, 2.24) is 9.78 Å². The lowest BCUT2D eigenvalue weighted by molar-refractivity contribution is 0.0308. The molecule has 2 aromatic rings. The fourth-order valence-electron chi connectivity index (χ4n) is 1.45.